The third-order valence-corrected chi connectivity index (χ3v) is 8.53. The predicted octanol–water partition coefficient (Wildman–Crippen LogP) is 4.37. The van der Waals surface area contributed by atoms with Gasteiger partial charge in [0, 0.05) is 5.41 Å². The van der Waals surface area contributed by atoms with Gasteiger partial charge >= 0.3 is 0 Å². The van der Waals surface area contributed by atoms with Crippen LogP contribution >= 0.6 is 22.6 Å². The SMILES string of the molecule is C[C@]12CCC3c4ccc(O)cc4CCC3C1CC[C@@]2(O)I. The average Bonchev–Trinajstić information content (AvgIpc) is 2.69. The zero-order valence-corrected chi connectivity index (χ0v) is 14.6. The molecule has 3 aliphatic carbocycles. The van der Waals surface area contributed by atoms with Gasteiger partial charge in [0.15, 0.2) is 0 Å². The van der Waals surface area contributed by atoms with Crippen LogP contribution in [0.1, 0.15) is 56.1 Å². The summed E-state index contributed by atoms with van der Waals surface area (Å²) in [7, 11) is 0. The summed E-state index contributed by atoms with van der Waals surface area (Å²) in [5, 5.41) is 20.5. The Morgan fingerprint density at radius 1 is 1.19 bits per heavy atom. The number of aryl methyl sites for hydroxylation is 1. The largest absolute Gasteiger partial charge is 0.508 e. The second kappa shape index (κ2) is 4.60. The van der Waals surface area contributed by atoms with E-state index in [0.29, 0.717) is 23.5 Å². The molecular weight excluding hydrogens is 375 g/mol. The monoisotopic (exact) mass is 398 g/mol. The standard InChI is InChI=1S/C18H23IO2/c1-17-8-6-14-13-5-3-12(20)10-11(13)2-4-15(14)16(17)7-9-18(17,19)21/h3,5,10,14-16,20-21H,2,4,6-9H2,1H3/t14?,15?,16?,17-,18-/m0/s1. The Hall–Kier alpha value is -0.290. The van der Waals surface area contributed by atoms with Gasteiger partial charge in [-0.15, -0.1) is 0 Å². The van der Waals surface area contributed by atoms with Crippen molar-refractivity contribution < 1.29 is 10.2 Å². The molecule has 0 amide bonds. The second-order valence-corrected chi connectivity index (χ2v) is 9.34. The molecule has 0 spiro atoms. The van der Waals surface area contributed by atoms with Crippen LogP contribution in [0.25, 0.3) is 0 Å². The Morgan fingerprint density at radius 3 is 2.81 bits per heavy atom. The average molecular weight is 398 g/mol. The van der Waals surface area contributed by atoms with Gasteiger partial charge in [-0.25, -0.2) is 0 Å². The van der Waals surface area contributed by atoms with Crippen molar-refractivity contribution in [2.24, 2.45) is 17.3 Å². The predicted molar refractivity (Wildman–Crippen MR) is 91.7 cm³/mol. The number of alkyl halides is 1. The van der Waals surface area contributed by atoms with Crippen molar-refractivity contribution in [3.63, 3.8) is 0 Å². The molecule has 2 fully saturated rings. The lowest BCUT2D eigenvalue weighted by molar-refractivity contribution is -0.0329. The van der Waals surface area contributed by atoms with Crippen molar-refractivity contribution in [1.82, 2.24) is 0 Å². The van der Waals surface area contributed by atoms with E-state index in [2.05, 4.69) is 35.6 Å². The van der Waals surface area contributed by atoms with E-state index in [9.17, 15) is 10.2 Å². The van der Waals surface area contributed by atoms with Crippen molar-refractivity contribution in [2.75, 3.05) is 0 Å². The summed E-state index contributed by atoms with van der Waals surface area (Å²) < 4.78 is -0.518. The van der Waals surface area contributed by atoms with Crippen LogP contribution in [-0.4, -0.2) is 13.8 Å². The highest BCUT2D eigenvalue weighted by Crippen LogP contribution is 2.65. The normalized spacial score (nSPS) is 44.8. The maximum absolute atomic E-state index is 10.8. The van der Waals surface area contributed by atoms with E-state index in [0.717, 1.165) is 19.3 Å². The first-order chi connectivity index (χ1) is 9.92. The van der Waals surface area contributed by atoms with Gasteiger partial charge in [0.05, 0.1) is 0 Å². The number of hydrogen-bond acceptors (Lipinski definition) is 2. The molecule has 0 radical (unpaired) electrons. The number of halogens is 1. The third kappa shape index (κ3) is 1.92. The van der Waals surface area contributed by atoms with Crippen LogP contribution in [0.2, 0.25) is 0 Å². The maximum Gasteiger partial charge on any atom is 0.121 e. The third-order valence-electron chi connectivity index (χ3n) is 6.76. The Balaban J connectivity index is 1.72. The molecule has 0 heterocycles. The molecule has 3 heteroatoms. The molecule has 0 saturated heterocycles. The fraction of sp³-hybridized carbons (Fsp3) is 0.667. The first-order valence-corrected chi connectivity index (χ1v) is 9.23. The van der Waals surface area contributed by atoms with Gasteiger partial charge in [0.2, 0.25) is 0 Å². The lowest BCUT2D eigenvalue weighted by Gasteiger charge is -2.52. The highest BCUT2D eigenvalue weighted by molar-refractivity contribution is 14.1. The number of phenols is 1. The van der Waals surface area contributed by atoms with E-state index >= 15 is 0 Å². The van der Waals surface area contributed by atoms with Gasteiger partial charge in [0.25, 0.3) is 0 Å². The van der Waals surface area contributed by atoms with Crippen molar-refractivity contribution in [3.05, 3.63) is 29.3 Å². The van der Waals surface area contributed by atoms with Gasteiger partial charge in [-0.2, -0.15) is 0 Å². The van der Waals surface area contributed by atoms with E-state index in [1.807, 2.05) is 12.1 Å². The molecule has 3 aliphatic rings. The Bertz CT molecular complexity index is 583. The zero-order valence-electron chi connectivity index (χ0n) is 12.5. The van der Waals surface area contributed by atoms with E-state index in [-0.39, 0.29) is 5.41 Å². The minimum Gasteiger partial charge on any atom is -0.508 e. The molecule has 0 bridgehead atoms. The molecule has 5 atom stereocenters. The molecule has 4 rings (SSSR count). The smallest absolute Gasteiger partial charge is 0.121 e. The van der Waals surface area contributed by atoms with Crippen LogP contribution < -0.4 is 0 Å². The molecule has 114 valence electrons. The van der Waals surface area contributed by atoms with Gasteiger partial charge in [-0.1, -0.05) is 13.0 Å². The summed E-state index contributed by atoms with van der Waals surface area (Å²) in [4.78, 5) is 0. The lowest BCUT2D eigenvalue weighted by atomic mass is 9.55. The molecule has 2 nitrogen and oxygen atoms in total. The summed E-state index contributed by atoms with van der Waals surface area (Å²) in [6.07, 6.45) is 6.72. The Kier molecular flexibility index (Phi) is 3.14. The minimum atomic E-state index is -0.518. The van der Waals surface area contributed by atoms with Crippen LogP contribution in [-0.2, 0) is 6.42 Å². The summed E-state index contributed by atoms with van der Waals surface area (Å²) in [5.41, 5.74) is 2.90. The number of phenolic OH excluding ortho intramolecular Hbond substituents is 1. The quantitative estimate of drug-likeness (QED) is 0.503. The second-order valence-electron chi connectivity index (χ2n) is 7.55. The zero-order chi connectivity index (χ0) is 14.8. The van der Waals surface area contributed by atoms with Gasteiger partial charge < -0.3 is 10.2 Å². The summed E-state index contributed by atoms with van der Waals surface area (Å²) in [6, 6.07) is 5.95. The molecule has 0 aromatic heterocycles. The van der Waals surface area contributed by atoms with Crippen molar-refractivity contribution in [3.8, 4) is 5.75 Å². The Morgan fingerprint density at radius 2 is 2.00 bits per heavy atom. The van der Waals surface area contributed by atoms with Gasteiger partial charge in [-0.05, 0) is 102 Å². The molecule has 21 heavy (non-hydrogen) atoms. The van der Waals surface area contributed by atoms with Crippen LogP contribution in [0.15, 0.2) is 18.2 Å². The minimum absolute atomic E-state index is 0.0865. The summed E-state index contributed by atoms with van der Waals surface area (Å²) >= 11 is 2.31. The van der Waals surface area contributed by atoms with Crippen molar-refractivity contribution in [1.29, 1.82) is 0 Å². The highest BCUT2D eigenvalue weighted by Gasteiger charge is 2.60. The fourth-order valence-electron chi connectivity index (χ4n) is 5.53. The molecule has 2 saturated carbocycles. The van der Waals surface area contributed by atoms with E-state index in [1.165, 1.54) is 30.4 Å². The molecule has 3 unspecified atom stereocenters. The fourth-order valence-corrected chi connectivity index (χ4v) is 6.51. The van der Waals surface area contributed by atoms with Gasteiger partial charge in [-0.3, -0.25) is 0 Å². The lowest BCUT2D eigenvalue weighted by Crippen LogP contribution is -2.47. The van der Waals surface area contributed by atoms with Crippen LogP contribution in [0.4, 0.5) is 0 Å². The number of aromatic hydroxyl groups is 1. The number of rotatable bonds is 0. The van der Waals surface area contributed by atoms with Crippen LogP contribution in [0.5, 0.6) is 5.75 Å². The summed E-state index contributed by atoms with van der Waals surface area (Å²) in [6.45, 7) is 2.32. The number of aliphatic hydroxyl groups is 1. The molecule has 1 aromatic rings. The molecule has 2 N–H and O–H groups in total. The number of fused-ring (bicyclic) bond motifs is 5. The molecule has 1 aromatic carbocycles. The topological polar surface area (TPSA) is 40.5 Å². The van der Waals surface area contributed by atoms with Crippen LogP contribution in [0.3, 0.4) is 0 Å². The number of benzene rings is 1. The van der Waals surface area contributed by atoms with E-state index in [4.69, 9.17) is 0 Å². The van der Waals surface area contributed by atoms with Crippen LogP contribution in [0, 0.1) is 17.3 Å². The first-order valence-electron chi connectivity index (χ1n) is 8.15. The molecular formula is C18H23IO2. The van der Waals surface area contributed by atoms with E-state index < -0.39 is 3.61 Å². The highest BCUT2D eigenvalue weighted by atomic mass is 127. The summed E-state index contributed by atoms with van der Waals surface area (Å²) in [5.74, 6) is 2.40. The Labute approximate surface area is 140 Å². The van der Waals surface area contributed by atoms with Gasteiger partial charge in [0.1, 0.15) is 9.36 Å². The first kappa shape index (κ1) is 14.3. The van der Waals surface area contributed by atoms with Crippen molar-refractivity contribution >= 4 is 22.6 Å². The van der Waals surface area contributed by atoms with Crippen molar-refractivity contribution in [2.45, 2.75) is 55.0 Å². The molecule has 0 aliphatic heterocycles. The number of hydrogen-bond donors (Lipinski definition) is 2. The maximum atomic E-state index is 10.8. The van der Waals surface area contributed by atoms with E-state index in [1.54, 1.807) is 0 Å².